The zero-order chi connectivity index (χ0) is 21.3. The number of nitrogens with two attached hydrogens (primary N) is 2. The van der Waals surface area contributed by atoms with Crippen LogP contribution in [0.4, 0.5) is 8.78 Å². The van der Waals surface area contributed by atoms with Crippen molar-refractivity contribution in [2.24, 2.45) is 16.5 Å². The molecule has 4 rings (SSSR count). The van der Waals surface area contributed by atoms with Crippen LogP contribution in [0, 0.1) is 11.6 Å². The molecule has 6 nitrogen and oxygen atoms in total. The van der Waals surface area contributed by atoms with Crippen LogP contribution in [0.1, 0.15) is 36.8 Å². The molecule has 1 aliphatic carbocycles. The smallest absolute Gasteiger partial charge is 0.251 e. The summed E-state index contributed by atoms with van der Waals surface area (Å²) in [4.78, 5) is 21.3. The first kappa shape index (κ1) is 20.7. The average molecular weight is 432 g/mol. The Bertz CT molecular complexity index is 974. The van der Waals surface area contributed by atoms with E-state index in [1.165, 1.54) is 6.07 Å². The Morgan fingerprint density at radius 1 is 1.13 bits per heavy atom. The lowest BCUT2D eigenvalue weighted by atomic mass is 9.91. The van der Waals surface area contributed by atoms with Crippen molar-refractivity contribution in [1.29, 1.82) is 0 Å². The third-order valence-corrected chi connectivity index (χ3v) is 6.64. The number of nitrogens with zero attached hydrogens (tertiary/aromatic N) is 2. The van der Waals surface area contributed by atoms with Gasteiger partial charge >= 0.3 is 0 Å². The number of rotatable bonds is 5. The Kier molecular flexibility index (Phi) is 5.75. The Morgan fingerprint density at radius 2 is 1.83 bits per heavy atom. The number of benzene rings is 1. The predicted octanol–water partition coefficient (Wildman–Crippen LogP) is 2.88. The molecule has 2 heterocycles. The van der Waals surface area contributed by atoms with E-state index in [1.807, 2.05) is 0 Å². The molecule has 0 radical (unpaired) electrons. The summed E-state index contributed by atoms with van der Waals surface area (Å²) >= 11 is 1.08. The molecular weight excluding hydrogens is 410 g/mol. The minimum absolute atomic E-state index is 0.0788. The van der Waals surface area contributed by atoms with Gasteiger partial charge in [-0.15, -0.1) is 11.8 Å². The van der Waals surface area contributed by atoms with Crippen LogP contribution < -0.4 is 16.2 Å². The molecule has 1 aromatic carbocycles. The maximum Gasteiger partial charge on any atom is 0.251 e. The number of carbonyl (C=O) groups is 1. The number of hydrogen-bond acceptors (Lipinski definition) is 6. The minimum Gasteiger partial charge on any atom is -0.474 e. The molecule has 0 spiro atoms. The van der Waals surface area contributed by atoms with Gasteiger partial charge in [-0.05, 0) is 49.9 Å². The number of halogens is 2. The van der Waals surface area contributed by atoms with E-state index in [0.717, 1.165) is 49.6 Å². The van der Waals surface area contributed by atoms with E-state index in [9.17, 15) is 13.6 Å². The predicted molar refractivity (Wildman–Crippen MR) is 111 cm³/mol. The number of carbonyl (C=O) groups excluding carboxylic acids is 1. The minimum atomic E-state index is -1.52. The monoisotopic (exact) mass is 432 g/mol. The number of aliphatic imine (C=N–C) groups is 1. The number of pyridine rings is 1. The Morgan fingerprint density at radius 3 is 2.50 bits per heavy atom. The standard InChI is InChI=1S/C21H22F2N4O2S/c22-15-4-1-5-16(23)17(15)19-27-21(11-30-19,20(25)28)14-3-2-10-26-18(14)29-13-8-6-12(24)7-9-13/h1-5,10,12-13H,6-9,11,24H2,(H2,25,28). The molecule has 1 aromatic heterocycles. The zero-order valence-electron chi connectivity index (χ0n) is 16.2. The zero-order valence-corrected chi connectivity index (χ0v) is 17.0. The van der Waals surface area contributed by atoms with Gasteiger partial charge in [0.1, 0.15) is 22.8 Å². The molecule has 1 aliphatic heterocycles. The third kappa shape index (κ3) is 3.79. The van der Waals surface area contributed by atoms with Gasteiger partial charge in [0.15, 0.2) is 5.54 Å². The summed E-state index contributed by atoms with van der Waals surface area (Å²) in [5.74, 6) is -1.87. The molecule has 9 heteroatoms. The largest absolute Gasteiger partial charge is 0.474 e. The van der Waals surface area contributed by atoms with Crippen LogP contribution in [0.5, 0.6) is 5.88 Å². The fraction of sp³-hybridized carbons (Fsp3) is 0.381. The number of hydrogen-bond donors (Lipinski definition) is 2. The molecular formula is C21H22F2N4O2S. The van der Waals surface area contributed by atoms with Crippen molar-refractivity contribution in [1.82, 2.24) is 4.98 Å². The Labute approximate surface area is 177 Å². The van der Waals surface area contributed by atoms with Crippen molar-refractivity contribution in [2.75, 3.05) is 5.75 Å². The van der Waals surface area contributed by atoms with E-state index in [-0.39, 0.29) is 34.4 Å². The Balaban J connectivity index is 1.72. The van der Waals surface area contributed by atoms with E-state index in [1.54, 1.807) is 18.3 Å². The van der Waals surface area contributed by atoms with Crippen molar-refractivity contribution in [3.05, 3.63) is 59.3 Å². The summed E-state index contributed by atoms with van der Waals surface area (Å²) in [6, 6.07) is 7.08. The lowest BCUT2D eigenvalue weighted by molar-refractivity contribution is -0.122. The van der Waals surface area contributed by atoms with Crippen LogP contribution in [0.25, 0.3) is 0 Å². The molecule has 30 heavy (non-hydrogen) atoms. The molecule has 1 fully saturated rings. The molecule has 2 aliphatic rings. The molecule has 0 saturated heterocycles. The summed E-state index contributed by atoms with van der Waals surface area (Å²) in [5.41, 5.74) is 10.3. The van der Waals surface area contributed by atoms with Gasteiger partial charge in [-0.25, -0.2) is 13.8 Å². The van der Waals surface area contributed by atoms with Crippen molar-refractivity contribution in [3.63, 3.8) is 0 Å². The maximum atomic E-state index is 14.3. The van der Waals surface area contributed by atoms with Gasteiger partial charge in [-0.1, -0.05) is 6.07 Å². The first-order chi connectivity index (χ1) is 14.4. The second-order valence-corrected chi connectivity index (χ2v) is 8.50. The van der Waals surface area contributed by atoms with Crippen LogP contribution in [0.15, 0.2) is 41.5 Å². The van der Waals surface area contributed by atoms with Crippen molar-refractivity contribution in [2.45, 2.75) is 43.4 Å². The van der Waals surface area contributed by atoms with Crippen LogP contribution in [-0.2, 0) is 10.3 Å². The molecule has 1 saturated carbocycles. The molecule has 1 amide bonds. The fourth-order valence-electron chi connectivity index (χ4n) is 3.80. The summed E-state index contributed by atoms with van der Waals surface area (Å²) < 4.78 is 34.7. The van der Waals surface area contributed by atoms with E-state index in [0.29, 0.717) is 5.56 Å². The SMILES string of the molecule is NC(=O)C1(c2cccnc2OC2CCC(N)CC2)CSC(c2c(F)cccc2F)=N1. The second-order valence-electron chi connectivity index (χ2n) is 7.54. The van der Waals surface area contributed by atoms with Gasteiger partial charge in [0, 0.05) is 18.0 Å². The van der Waals surface area contributed by atoms with Crippen molar-refractivity contribution in [3.8, 4) is 5.88 Å². The first-order valence-corrected chi connectivity index (χ1v) is 10.7. The van der Waals surface area contributed by atoms with Crippen molar-refractivity contribution < 1.29 is 18.3 Å². The summed E-state index contributed by atoms with van der Waals surface area (Å²) in [6.07, 6.45) is 4.74. The Hall–Kier alpha value is -2.52. The van der Waals surface area contributed by atoms with Crippen molar-refractivity contribution >= 4 is 22.7 Å². The molecule has 4 N–H and O–H groups in total. The highest BCUT2D eigenvalue weighted by Gasteiger charge is 2.46. The van der Waals surface area contributed by atoms with Crippen LogP contribution >= 0.6 is 11.8 Å². The van der Waals surface area contributed by atoms with Gasteiger partial charge in [0.2, 0.25) is 5.88 Å². The van der Waals surface area contributed by atoms with Crippen LogP contribution in [-0.4, -0.2) is 33.8 Å². The molecule has 2 aromatic rings. The van der Waals surface area contributed by atoms with Crippen LogP contribution in [0.2, 0.25) is 0 Å². The topological polar surface area (TPSA) is 104 Å². The molecule has 1 atom stereocenters. The van der Waals surface area contributed by atoms with E-state index in [4.69, 9.17) is 16.2 Å². The summed E-state index contributed by atoms with van der Waals surface area (Å²) in [7, 11) is 0. The molecule has 1 unspecified atom stereocenters. The quantitative estimate of drug-likeness (QED) is 0.756. The fourth-order valence-corrected chi connectivity index (χ4v) is 5.07. The summed E-state index contributed by atoms with van der Waals surface area (Å²) in [6.45, 7) is 0. The average Bonchev–Trinajstić information content (AvgIpc) is 3.16. The normalized spacial score (nSPS) is 26.3. The maximum absolute atomic E-state index is 14.3. The lowest BCUT2D eigenvalue weighted by Gasteiger charge is -2.29. The highest BCUT2D eigenvalue weighted by atomic mass is 32.2. The van der Waals surface area contributed by atoms with Crippen LogP contribution in [0.3, 0.4) is 0 Å². The number of ether oxygens (including phenoxy) is 1. The van der Waals surface area contributed by atoms with Gasteiger partial charge < -0.3 is 16.2 Å². The highest BCUT2D eigenvalue weighted by molar-refractivity contribution is 8.14. The van der Waals surface area contributed by atoms with E-state index < -0.39 is 23.1 Å². The number of primary amides is 1. The third-order valence-electron chi connectivity index (χ3n) is 5.51. The molecule has 158 valence electrons. The number of thioether (sulfide) groups is 1. The molecule has 0 bridgehead atoms. The van der Waals surface area contributed by atoms with E-state index >= 15 is 0 Å². The van der Waals surface area contributed by atoms with E-state index in [2.05, 4.69) is 9.98 Å². The number of aromatic nitrogens is 1. The number of amides is 1. The van der Waals surface area contributed by atoms with Gasteiger partial charge in [0.25, 0.3) is 5.91 Å². The summed E-state index contributed by atoms with van der Waals surface area (Å²) in [5, 5.41) is 0.0860. The van der Waals surface area contributed by atoms with Gasteiger partial charge in [0.05, 0.1) is 11.1 Å². The second kappa shape index (κ2) is 8.31. The highest BCUT2D eigenvalue weighted by Crippen LogP contribution is 2.43. The van der Waals surface area contributed by atoms with Gasteiger partial charge in [-0.2, -0.15) is 0 Å². The first-order valence-electron chi connectivity index (χ1n) is 9.75. The van der Waals surface area contributed by atoms with Gasteiger partial charge in [-0.3, -0.25) is 9.79 Å². The lowest BCUT2D eigenvalue weighted by Crippen LogP contribution is -2.41.